The first-order valence-electron chi connectivity index (χ1n) is 11.5. The van der Waals surface area contributed by atoms with Crippen molar-refractivity contribution in [2.45, 2.75) is 6.18 Å². The molecule has 5 rings (SSSR count). The summed E-state index contributed by atoms with van der Waals surface area (Å²) in [7, 11) is 0. The Hall–Kier alpha value is -4.65. The lowest BCUT2D eigenvalue weighted by Crippen LogP contribution is -2.36. The van der Waals surface area contributed by atoms with Crippen LogP contribution in [0.1, 0.15) is 0 Å². The molecule has 0 saturated carbocycles. The van der Waals surface area contributed by atoms with Crippen LogP contribution >= 0.6 is 0 Å². The summed E-state index contributed by atoms with van der Waals surface area (Å²) < 4.78 is 38.9. The van der Waals surface area contributed by atoms with Gasteiger partial charge in [0.15, 0.2) is 0 Å². The molecule has 0 amide bonds. The fraction of sp³-hybridized carbons (Fsp3) is 0.200. The Morgan fingerprint density at radius 3 is 2.21 bits per heavy atom. The Balaban J connectivity index is 0.000000426. The number of hydrogen-bond acceptors (Lipinski definition) is 8. The van der Waals surface area contributed by atoms with E-state index in [0.717, 1.165) is 49.2 Å². The molecule has 10 nitrogen and oxygen atoms in total. The fourth-order valence-electron chi connectivity index (χ4n) is 3.45. The molecular formula is C25H24F3N7O3. The lowest BCUT2D eigenvalue weighted by atomic mass is 10.2. The molecule has 0 bridgehead atoms. The number of pyridine rings is 1. The van der Waals surface area contributed by atoms with Crippen molar-refractivity contribution in [1.82, 2.24) is 19.7 Å². The van der Waals surface area contributed by atoms with Gasteiger partial charge in [0.25, 0.3) is 0 Å². The van der Waals surface area contributed by atoms with Crippen molar-refractivity contribution in [2.75, 3.05) is 41.8 Å². The molecule has 0 unspecified atom stereocenters. The summed E-state index contributed by atoms with van der Waals surface area (Å²) in [6.45, 7) is 3.41. The molecule has 1 fully saturated rings. The molecule has 38 heavy (non-hydrogen) atoms. The number of rotatable bonds is 6. The highest BCUT2D eigenvalue weighted by Gasteiger charge is 2.38. The van der Waals surface area contributed by atoms with Crippen LogP contribution in [0.3, 0.4) is 0 Å². The van der Waals surface area contributed by atoms with Crippen LogP contribution in [0.4, 0.5) is 42.0 Å². The van der Waals surface area contributed by atoms with Crippen molar-refractivity contribution in [3.63, 3.8) is 0 Å². The van der Waals surface area contributed by atoms with E-state index in [1.165, 1.54) is 5.69 Å². The summed E-state index contributed by atoms with van der Waals surface area (Å²) >= 11 is 0. The molecule has 3 N–H and O–H groups in total. The average molecular weight is 528 g/mol. The van der Waals surface area contributed by atoms with Gasteiger partial charge in [-0.3, -0.25) is 0 Å². The predicted octanol–water partition coefficient (Wildman–Crippen LogP) is 4.62. The van der Waals surface area contributed by atoms with Gasteiger partial charge < -0.3 is 25.4 Å². The quantitative estimate of drug-likeness (QED) is 0.330. The van der Waals surface area contributed by atoms with Crippen molar-refractivity contribution in [2.24, 2.45) is 0 Å². The molecule has 3 heterocycles. The molecular weight excluding hydrogens is 503 g/mol. The zero-order valence-corrected chi connectivity index (χ0v) is 20.0. The molecule has 1 saturated heterocycles. The van der Waals surface area contributed by atoms with E-state index in [-0.39, 0.29) is 0 Å². The van der Waals surface area contributed by atoms with Crippen LogP contribution in [-0.4, -0.2) is 63.3 Å². The van der Waals surface area contributed by atoms with E-state index in [0.29, 0.717) is 5.95 Å². The van der Waals surface area contributed by atoms with E-state index < -0.39 is 12.1 Å². The number of carbonyl (C=O) groups is 1. The van der Waals surface area contributed by atoms with Gasteiger partial charge in [-0.25, -0.2) is 14.5 Å². The lowest BCUT2D eigenvalue weighted by Gasteiger charge is -2.28. The number of ether oxygens (including phenoxy) is 1. The number of carboxylic acid groups (broad SMARTS) is 1. The number of anilines is 5. The van der Waals surface area contributed by atoms with Gasteiger partial charge in [-0.05, 0) is 42.5 Å². The first-order valence-corrected chi connectivity index (χ1v) is 11.5. The highest BCUT2D eigenvalue weighted by atomic mass is 19.4. The molecule has 0 spiro atoms. The van der Waals surface area contributed by atoms with Crippen molar-refractivity contribution < 1.29 is 27.8 Å². The number of halogens is 3. The molecule has 13 heteroatoms. The first-order chi connectivity index (χ1) is 18.3. The maximum atomic E-state index is 10.6. The second kappa shape index (κ2) is 12.1. The molecule has 1 aliphatic rings. The topological polar surface area (TPSA) is 117 Å². The Morgan fingerprint density at radius 2 is 1.55 bits per heavy atom. The van der Waals surface area contributed by atoms with Crippen LogP contribution in [0.2, 0.25) is 0 Å². The number of benzene rings is 2. The summed E-state index contributed by atoms with van der Waals surface area (Å²) in [5, 5.41) is 18.2. The number of aromatic nitrogens is 4. The largest absolute Gasteiger partial charge is 0.490 e. The van der Waals surface area contributed by atoms with Gasteiger partial charge in [0.2, 0.25) is 5.95 Å². The van der Waals surface area contributed by atoms with Crippen LogP contribution in [-0.2, 0) is 9.53 Å². The molecule has 2 aromatic carbocycles. The number of nitrogens with one attached hydrogen (secondary N) is 2. The van der Waals surface area contributed by atoms with Crippen molar-refractivity contribution in [1.29, 1.82) is 0 Å². The van der Waals surface area contributed by atoms with E-state index in [4.69, 9.17) is 14.6 Å². The van der Waals surface area contributed by atoms with Crippen molar-refractivity contribution in [3.8, 4) is 5.69 Å². The normalized spacial score (nSPS) is 13.3. The minimum atomic E-state index is -5.08. The fourth-order valence-corrected chi connectivity index (χ4v) is 3.45. The van der Waals surface area contributed by atoms with Crippen LogP contribution in [0.25, 0.3) is 5.69 Å². The second-order valence-electron chi connectivity index (χ2n) is 7.98. The Bertz CT molecular complexity index is 1330. The van der Waals surface area contributed by atoms with Gasteiger partial charge in [0.1, 0.15) is 12.1 Å². The molecule has 0 atom stereocenters. The molecule has 0 aliphatic carbocycles. The minimum Gasteiger partial charge on any atom is -0.475 e. The first kappa shape index (κ1) is 26.4. The number of aliphatic carboxylic acids is 1. The van der Waals surface area contributed by atoms with Crippen LogP contribution < -0.4 is 15.5 Å². The van der Waals surface area contributed by atoms with Crippen LogP contribution in [0.5, 0.6) is 0 Å². The van der Waals surface area contributed by atoms with Gasteiger partial charge in [-0.15, -0.1) is 5.10 Å². The van der Waals surface area contributed by atoms with E-state index in [1.54, 1.807) is 17.2 Å². The molecule has 1 aliphatic heterocycles. The Kier molecular flexibility index (Phi) is 8.38. The SMILES string of the molecule is O=C(O)C(F)(F)F.c1ccc(Nc2ncn(-c3ccnc(Nc4ccc(N5CCOCC5)cc4)c3)n2)cc1. The highest BCUT2D eigenvalue weighted by Crippen LogP contribution is 2.22. The third-order valence-corrected chi connectivity index (χ3v) is 5.29. The van der Waals surface area contributed by atoms with Gasteiger partial charge in [0, 0.05) is 42.4 Å². The monoisotopic (exact) mass is 527 g/mol. The van der Waals surface area contributed by atoms with E-state index >= 15 is 0 Å². The molecule has 2 aromatic heterocycles. The zero-order valence-electron chi connectivity index (χ0n) is 20.0. The molecule has 0 radical (unpaired) electrons. The minimum absolute atomic E-state index is 0.538. The summed E-state index contributed by atoms with van der Waals surface area (Å²) in [5.41, 5.74) is 4.00. The Morgan fingerprint density at radius 1 is 0.895 bits per heavy atom. The summed E-state index contributed by atoms with van der Waals surface area (Å²) in [6.07, 6.45) is -1.65. The smallest absolute Gasteiger partial charge is 0.475 e. The summed E-state index contributed by atoms with van der Waals surface area (Å²) in [5.74, 6) is -1.48. The van der Waals surface area contributed by atoms with E-state index in [2.05, 4.69) is 54.9 Å². The number of carboxylic acids is 1. The predicted molar refractivity (Wildman–Crippen MR) is 135 cm³/mol. The van der Waals surface area contributed by atoms with Gasteiger partial charge >= 0.3 is 12.1 Å². The third-order valence-electron chi connectivity index (χ3n) is 5.29. The summed E-state index contributed by atoms with van der Waals surface area (Å²) in [4.78, 5) is 20.0. The van der Waals surface area contributed by atoms with E-state index in [9.17, 15) is 13.2 Å². The van der Waals surface area contributed by atoms with Crippen LogP contribution in [0.15, 0.2) is 79.3 Å². The van der Waals surface area contributed by atoms with Crippen LogP contribution in [0, 0.1) is 0 Å². The highest BCUT2D eigenvalue weighted by molar-refractivity contribution is 5.73. The Labute approximate surface area is 215 Å². The zero-order chi connectivity index (χ0) is 27.0. The number of hydrogen-bond donors (Lipinski definition) is 3. The van der Waals surface area contributed by atoms with Crippen molar-refractivity contribution in [3.05, 3.63) is 79.3 Å². The lowest BCUT2D eigenvalue weighted by molar-refractivity contribution is -0.192. The van der Waals surface area contributed by atoms with E-state index in [1.807, 2.05) is 42.5 Å². The molecule has 4 aromatic rings. The third kappa shape index (κ3) is 7.43. The number of morpholine rings is 1. The second-order valence-corrected chi connectivity index (χ2v) is 7.98. The summed E-state index contributed by atoms with van der Waals surface area (Å²) in [6, 6.07) is 22.1. The maximum Gasteiger partial charge on any atom is 0.490 e. The number of alkyl halides is 3. The average Bonchev–Trinajstić information content (AvgIpc) is 3.39. The van der Waals surface area contributed by atoms with Gasteiger partial charge in [-0.2, -0.15) is 18.2 Å². The number of nitrogens with zero attached hydrogens (tertiary/aromatic N) is 5. The van der Waals surface area contributed by atoms with Gasteiger partial charge in [-0.1, -0.05) is 18.2 Å². The van der Waals surface area contributed by atoms with Gasteiger partial charge in [0.05, 0.1) is 18.9 Å². The molecule has 198 valence electrons. The maximum absolute atomic E-state index is 10.6. The standard InChI is InChI=1S/C23H23N7O.C2HF3O2/c1-2-4-18(5-3-1)27-23-25-17-30(28-23)21-10-11-24-22(16-21)26-19-6-8-20(9-7-19)29-12-14-31-15-13-29;3-2(4,5)1(6)7/h1-11,16-17H,12-15H2,(H,24,26)(H,27,28);(H,6,7). The number of para-hydroxylation sites is 1. The van der Waals surface area contributed by atoms with Crippen molar-refractivity contribution >= 4 is 34.8 Å².